The number of carbonyl (C=O) groups excluding carboxylic acids is 1. The van der Waals surface area contributed by atoms with Crippen molar-refractivity contribution in [3.63, 3.8) is 0 Å². The van der Waals surface area contributed by atoms with Crippen molar-refractivity contribution in [1.29, 1.82) is 0 Å². The molecule has 0 fully saturated rings. The molecule has 2 aromatic carbocycles. The van der Waals surface area contributed by atoms with Gasteiger partial charge in [-0.2, -0.15) is 4.31 Å². The van der Waals surface area contributed by atoms with Crippen LogP contribution in [0.25, 0.3) is 0 Å². The van der Waals surface area contributed by atoms with Gasteiger partial charge in [-0.05, 0) is 68.4 Å². The van der Waals surface area contributed by atoms with Gasteiger partial charge < -0.3 is 9.47 Å². The number of esters is 1. The lowest BCUT2D eigenvalue weighted by Gasteiger charge is -2.25. The highest BCUT2D eigenvalue weighted by Crippen LogP contribution is 2.35. The zero-order valence-corrected chi connectivity index (χ0v) is 24.9. The van der Waals surface area contributed by atoms with E-state index in [4.69, 9.17) is 9.47 Å². The predicted molar refractivity (Wildman–Crippen MR) is 153 cm³/mol. The topological polar surface area (TPSA) is 104 Å². The number of benzene rings is 2. The molecule has 4 rings (SSSR count). The fourth-order valence-corrected chi connectivity index (χ4v) is 6.68. The Balaban J connectivity index is 1.65. The molecular weight excluding hydrogens is 528 g/mol. The average molecular weight is 569 g/mol. The lowest BCUT2D eigenvalue weighted by molar-refractivity contribution is -0.143. The summed E-state index contributed by atoms with van der Waals surface area (Å²) in [6.45, 7) is 11.4. The Morgan fingerprint density at radius 3 is 2.65 bits per heavy atom. The third-order valence-corrected chi connectivity index (χ3v) is 9.41. The van der Waals surface area contributed by atoms with Crippen LogP contribution in [0.4, 0.5) is 0 Å². The molecule has 9 nitrogen and oxygen atoms in total. The average Bonchev–Trinajstić information content (AvgIpc) is 3.39. The van der Waals surface area contributed by atoms with Gasteiger partial charge in [0.1, 0.15) is 16.7 Å². The van der Waals surface area contributed by atoms with Gasteiger partial charge in [-0.3, -0.25) is 9.48 Å². The van der Waals surface area contributed by atoms with E-state index in [1.54, 1.807) is 35.9 Å². The molecule has 0 amide bonds. The van der Waals surface area contributed by atoms with Gasteiger partial charge in [0.05, 0.1) is 25.3 Å². The molecule has 40 heavy (non-hydrogen) atoms. The Kier molecular flexibility index (Phi) is 9.63. The summed E-state index contributed by atoms with van der Waals surface area (Å²) in [7, 11) is -3.78. The third kappa shape index (κ3) is 6.72. The first-order valence-electron chi connectivity index (χ1n) is 14.1. The normalized spacial score (nSPS) is 18.3. The van der Waals surface area contributed by atoms with Crippen molar-refractivity contribution in [2.45, 2.75) is 89.8 Å². The van der Waals surface area contributed by atoms with Crippen molar-refractivity contribution in [1.82, 2.24) is 19.3 Å². The summed E-state index contributed by atoms with van der Waals surface area (Å²) >= 11 is 0. The van der Waals surface area contributed by atoms with E-state index < -0.39 is 10.0 Å². The van der Waals surface area contributed by atoms with Gasteiger partial charge in [0.15, 0.2) is 0 Å². The second-order valence-electron chi connectivity index (χ2n) is 10.4. The molecule has 1 aliphatic rings. The van der Waals surface area contributed by atoms with Gasteiger partial charge in [0.25, 0.3) is 0 Å². The molecule has 216 valence electrons. The zero-order chi connectivity index (χ0) is 28.9. The van der Waals surface area contributed by atoms with Crippen LogP contribution in [0, 0.1) is 6.92 Å². The quantitative estimate of drug-likeness (QED) is 0.293. The number of sulfonamides is 1. The molecule has 2 unspecified atom stereocenters. The Morgan fingerprint density at radius 2 is 1.95 bits per heavy atom. The molecular formula is C30H40N4O5S. The lowest BCUT2D eigenvalue weighted by Crippen LogP contribution is -2.36. The molecule has 3 aromatic rings. The SMILES string of the molecule is CCOC(=O)CC(CC(C)c1cn(CC)nn1)c1ccc(C)c(CN2C[C@@H](CC)Oc3ccccc3S2(=O)=O)c1. The fraction of sp³-hybridized carbons (Fsp3) is 0.500. The van der Waals surface area contributed by atoms with E-state index in [1.807, 2.05) is 45.2 Å². The first kappa shape index (κ1) is 29.7. The van der Waals surface area contributed by atoms with Crippen LogP contribution in [0.2, 0.25) is 0 Å². The molecule has 0 saturated carbocycles. The number of nitrogens with zero attached hydrogens (tertiary/aromatic N) is 4. The van der Waals surface area contributed by atoms with Crippen LogP contribution in [0.3, 0.4) is 0 Å². The van der Waals surface area contributed by atoms with E-state index in [0.29, 0.717) is 25.2 Å². The Morgan fingerprint density at radius 1 is 1.18 bits per heavy atom. The first-order chi connectivity index (χ1) is 19.2. The maximum absolute atomic E-state index is 13.7. The molecule has 2 heterocycles. The van der Waals surface area contributed by atoms with Crippen LogP contribution in [0.15, 0.2) is 53.6 Å². The summed E-state index contributed by atoms with van der Waals surface area (Å²) in [6.07, 6.45) is 3.27. The van der Waals surface area contributed by atoms with E-state index >= 15 is 0 Å². The van der Waals surface area contributed by atoms with Gasteiger partial charge in [-0.1, -0.05) is 49.4 Å². The number of hydrogen-bond donors (Lipinski definition) is 0. The molecule has 0 spiro atoms. The summed E-state index contributed by atoms with van der Waals surface area (Å²) in [5, 5.41) is 8.50. The fourth-order valence-electron chi connectivity index (χ4n) is 5.11. The van der Waals surface area contributed by atoms with E-state index in [1.165, 1.54) is 4.31 Å². The molecule has 1 aromatic heterocycles. The summed E-state index contributed by atoms with van der Waals surface area (Å²) in [5.74, 6) is 0.0716. The smallest absolute Gasteiger partial charge is 0.306 e. The highest BCUT2D eigenvalue weighted by atomic mass is 32.2. The van der Waals surface area contributed by atoms with Crippen molar-refractivity contribution in [2.24, 2.45) is 0 Å². The van der Waals surface area contributed by atoms with Gasteiger partial charge in [0, 0.05) is 25.2 Å². The first-order valence-corrected chi connectivity index (χ1v) is 15.5. The number of fused-ring (bicyclic) bond motifs is 1. The number of rotatable bonds is 11. The number of carbonyl (C=O) groups is 1. The van der Waals surface area contributed by atoms with E-state index in [0.717, 1.165) is 28.9 Å². The summed E-state index contributed by atoms with van der Waals surface area (Å²) in [5.41, 5.74) is 3.73. The van der Waals surface area contributed by atoms with Gasteiger partial charge in [0.2, 0.25) is 10.0 Å². The standard InChI is InChI=1S/C30H40N4O5S/c1-6-26-19-34(40(36,37)29-12-10-9-11-28(29)39-26)18-25-16-23(14-13-21(25)4)24(17-30(35)38-8-3)15-22(5)27-20-33(7-2)32-31-27/h9-14,16,20,22,24,26H,6-8,15,17-19H2,1-5H3/t22?,24?,26-/m1/s1. The summed E-state index contributed by atoms with van der Waals surface area (Å²) in [6, 6.07) is 12.9. The molecule has 0 N–H and O–H groups in total. The third-order valence-electron chi connectivity index (χ3n) is 7.56. The Labute approximate surface area is 237 Å². The second kappa shape index (κ2) is 13.0. The minimum absolute atomic E-state index is 0.0643. The van der Waals surface area contributed by atoms with E-state index in [-0.39, 0.29) is 48.3 Å². The highest BCUT2D eigenvalue weighted by molar-refractivity contribution is 7.89. The molecule has 0 aliphatic carbocycles. The van der Waals surface area contributed by atoms with Crippen LogP contribution < -0.4 is 4.74 Å². The van der Waals surface area contributed by atoms with Crippen molar-refractivity contribution in [2.75, 3.05) is 13.2 Å². The number of para-hydroxylation sites is 1. The number of ether oxygens (including phenoxy) is 2. The van der Waals surface area contributed by atoms with Crippen LogP contribution in [-0.4, -0.2) is 52.9 Å². The highest BCUT2D eigenvalue weighted by Gasteiger charge is 2.34. The maximum Gasteiger partial charge on any atom is 0.306 e. The monoisotopic (exact) mass is 568 g/mol. The minimum atomic E-state index is -3.78. The molecule has 0 bridgehead atoms. The number of hydrogen-bond acceptors (Lipinski definition) is 7. The van der Waals surface area contributed by atoms with Crippen LogP contribution >= 0.6 is 0 Å². The summed E-state index contributed by atoms with van der Waals surface area (Å²) < 4.78 is 42.2. The lowest BCUT2D eigenvalue weighted by atomic mass is 9.85. The zero-order valence-electron chi connectivity index (χ0n) is 24.0. The van der Waals surface area contributed by atoms with Crippen LogP contribution in [0.5, 0.6) is 5.75 Å². The largest absolute Gasteiger partial charge is 0.488 e. The Hall–Kier alpha value is -3.24. The minimum Gasteiger partial charge on any atom is -0.488 e. The van der Waals surface area contributed by atoms with Crippen molar-refractivity contribution in [3.8, 4) is 5.75 Å². The predicted octanol–water partition coefficient (Wildman–Crippen LogP) is 5.20. The molecule has 3 atom stereocenters. The molecule has 0 radical (unpaired) electrons. The van der Waals surface area contributed by atoms with E-state index in [9.17, 15) is 13.2 Å². The molecule has 10 heteroatoms. The molecule has 0 saturated heterocycles. The van der Waals surface area contributed by atoms with Gasteiger partial charge in [-0.15, -0.1) is 5.10 Å². The van der Waals surface area contributed by atoms with Crippen LogP contribution in [-0.2, 0) is 32.6 Å². The second-order valence-corrected chi connectivity index (χ2v) is 12.3. The number of aromatic nitrogens is 3. The Bertz CT molecular complexity index is 1420. The van der Waals surface area contributed by atoms with E-state index in [2.05, 4.69) is 17.2 Å². The van der Waals surface area contributed by atoms with Gasteiger partial charge in [-0.25, -0.2) is 8.42 Å². The van der Waals surface area contributed by atoms with Gasteiger partial charge >= 0.3 is 5.97 Å². The summed E-state index contributed by atoms with van der Waals surface area (Å²) in [4.78, 5) is 12.8. The maximum atomic E-state index is 13.7. The van der Waals surface area contributed by atoms with Crippen molar-refractivity contribution in [3.05, 3.63) is 71.0 Å². The van der Waals surface area contributed by atoms with Crippen molar-refractivity contribution >= 4 is 16.0 Å². The number of aryl methyl sites for hydroxylation is 2. The van der Waals surface area contributed by atoms with Crippen LogP contribution in [0.1, 0.15) is 81.2 Å². The molecule has 1 aliphatic heterocycles. The van der Waals surface area contributed by atoms with Crippen molar-refractivity contribution < 1.29 is 22.7 Å².